The van der Waals surface area contributed by atoms with Crippen molar-refractivity contribution in [3.63, 3.8) is 0 Å². The van der Waals surface area contributed by atoms with Crippen LogP contribution in [-0.4, -0.2) is 74.7 Å². The minimum Gasteiger partial charge on any atom is -0.343 e. The highest BCUT2D eigenvalue weighted by Crippen LogP contribution is 2.32. The summed E-state index contributed by atoms with van der Waals surface area (Å²) in [5.74, 6) is 2.97. The molecule has 4 aliphatic heterocycles. The summed E-state index contributed by atoms with van der Waals surface area (Å²) in [5, 5.41) is 16.3. The molecule has 0 bridgehead atoms. The van der Waals surface area contributed by atoms with Crippen LogP contribution in [0.3, 0.4) is 0 Å². The molecule has 5 heterocycles. The number of rotatable bonds is 2. The van der Waals surface area contributed by atoms with E-state index < -0.39 is 0 Å². The van der Waals surface area contributed by atoms with Gasteiger partial charge in [-0.25, -0.2) is 4.98 Å². The van der Waals surface area contributed by atoms with Crippen molar-refractivity contribution in [2.75, 3.05) is 62.4 Å². The number of benzene rings is 1. The Morgan fingerprint density at radius 3 is 2.29 bits per heavy atom. The van der Waals surface area contributed by atoms with Crippen LogP contribution in [0.4, 0.5) is 11.8 Å². The summed E-state index contributed by atoms with van der Waals surface area (Å²) in [4.78, 5) is 14.8. The molecule has 0 saturated carbocycles. The molecular weight excluding hydrogens is 412 g/mol. The van der Waals surface area contributed by atoms with E-state index in [0.717, 1.165) is 80.3 Å². The standard InChI is InChI=1S/C22H31ClN8/c23-16-1-2-20-17(7-16)21(30-10-14-8-24-5-3-18(14)26-12-30)29-22(28-20)31-11-15-9-25-6-4-19(15)27-13-31/h1-2,7,14-15,18-19,24-27H,3-6,8-13H2. The Labute approximate surface area is 188 Å². The van der Waals surface area contributed by atoms with Gasteiger partial charge in [-0.1, -0.05) is 11.6 Å². The van der Waals surface area contributed by atoms with Gasteiger partial charge in [-0.15, -0.1) is 0 Å². The first-order valence-corrected chi connectivity index (χ1v) is 12.0. The number of hydrogen-bond donors (Lipinski definition) is 4. The van der Waals surface area contributed by atoms with Crippen molar-refractivity contribution >= 4 is 34.3 Å². The Morgan fingerprint density at radius 1 is 0.871 bits per heavy atom. The number of piperidine rings is 2. The molecule has 0 aliphatic carbocycles. The van der Waals surface area contributed by atoms with E-state index in [0.29, 0.717) is 23.9 Å². The zero-order valence-corrected chi connectivity index (χ0v) is 18.5. The highest BCUT2D eigenvalue weighted by Gasteiger charge is 2.34. The van der Waals surface area contributed by atoms with Gasteiger partial charge in [0.1, 0.15) is 5.82 Å². The number of halogens is 1. The van der Waals surface area contributed by atoms with Crippen LogP contribution >= 0.6 is 11.6 Å². The van der Waals surface area contributed by atoms with Crippen molar-refractivity contribution in [2.45, 2.75) is 24.9 Å². The first-order valence-electron chi connectivity index (χ1n) is 11.6. The van der Waals surface area contributed by atoms with E-state index in [1.165, 1.54) is 12.8 Å². The van der Waals surface area contributed by atoms with Crippen LogP contribution in [0.25, 0.3) is 10.9 Å². The van der Waals surface area contributed by atoms with Crippen LogP contribution in [0, 0.1) is 11.8 Å². The fourth-order valence-electron chi connectivity index (χ4n) is 5.69. The van der Waals surface area contributed by atoms with Crippen molar-refractivity contribution in [2.24, 2.45) is 11.8 Å². The van der Waals surface area contributed by atoms with Crippen LogP contribution in [-0.2, 0) is 0 Å². The molecule has 6 rings (SSSR count). The van der Waals surface area contributed by atoms with Crippen molar-refractivity contribution < 1.29 is 0 Å². The normalized spacial score (nSPS) is 31.4. The van der Waals surface area contributed by atoms with Gasteiger partial charge < -0.3 is 20.4 Å². The number of aromatic nitrogens is 2. The van der Waals surface area contributed by atoms with Gasteiger partial charge in [-0.2, -0.15) is 4.98 Å². The summed E-state index contributed by atoms with van der Waals surface area (Å²) >= 11 is 6.38. The summed E-state index contributed by atoms with van der Waals surface area (Å²) in [6.07, 6.45) is 2.38. The zero-order valence-electron chi connectivity index (χ0n) is 17.8. The van der Waals surface area contributed by atoms with Crippen LogP contribution in [0.15, 0.2) is 18.2 Å². The molecule has 0 radical (unpaired) electrons. The largest absolute Gasteiger partial charge is 0.343 e. The summed E-state index contributed by atoms with van der Waals surface area (Å²) in [6, 6.07) is 7.15. The summed E-state index contributed by atoms with van der Waals surface area (Å²) in [7, 11) is 0. The number of anilines is 2. The van der Waals surface area contributed by atoms with E-state index in [1.54, 1.807) is 0 Å². The number of fused-ring (bicyclic) bond motifs is 3. The van der Waals surface area contributed by atoms with Gasteiger partial charge in [0.05, 0.1) is 18.9 Å². The third-order valence-electron chi connectivity index (χ3n) is 7.42. The minimum absolute atomic E-state index is 0.584. The molecule has 0 amide bonds. The molecule has 4 saturated heterocycles. The minimum atomic E-state index is 0.584. The van der Waals surface area contributed by atoms with Gasteiger partial charge >= 0.3 is 0 Å². The van der Waals surface area contributed by atoms with E-state index in [2.05, 4.69) is 31.1 Å². The average Bonchev–Trinajstić information content (AvgIpc) is 2.83. The zero-order chi connectivity index (χ0) is 20.8. The first-order chi connectivity index (χ1) is 15.2. The number of hydrogen-bond acceptors (Lipinski definition) is 8. The first kappa shape index (κ1) is 19.9. The van der Waals surface area contributed by atoms with E-state index in [9.17, 15) is 0 Å². The van der Waals surface area contributed by atoms with Crippen molar-refractivity contribution in [1.82, 2.24) is 31.2 Å². The highest BCUT2D eigenvalue weighted by atomic mass is 35.5. The SMILES string of the molecule is Clc1ccc2nc(N3CNC4CCNCC4C3)nc(N3CNC4CCNCC4C3)c2c1. The molecule has 4 fully saturated rings. The van der Waals surface area contributed by atoms with Crippen molar-refractivity contribution in [1.29, 1.82) is 0 Å². The number of nitrogens with one attached hydrogen (secondary N) is 4. The van der Waals surface area contributed by atoms with Gasteiger partial charge in [0.2, 0.25) is 5.95 Å². The van der Waals surface area contributed by atoms with Gasteiger partial charge in [0, 0.05) is 60.5 Å². The van der Waals surface area contributed by atoms with E-state index >= 15 is 0 Å². The Bertz CT molecular complexity index is 954. The fraction of sp³-hybridized carbons (Fsp3) is 0.636. The Balaban J connectivity index is 1.34. The quantitative estimate of drug-likeness (QED) is 0.548. The molecule has 8 nitrogen and oxygen atoms in total. The Hall–Kier alpha value is -1.71. The van der Waals surface area contributed by atoms with Gasteiger partial charge in [0.25, 0.3) is 0 Å². The smallest absolute Gasteiger partial charge is 0.228 e. The number of nitrogens with zero attached hydrogens (tertiary/aromatic N) is 4. The molecule has 166 valence electrons. The van der Waals surface area contributed by atoms with Crippen LogP contribution in [0.5, 0.6) is 0 Å². The molecule has 9 heteroatoms. The van der Waals surface area contributed by atoms with Gasteiger partial charge in [-0.05, 0) is 44.1 Å². The summed E-state index contributed by atoms with van der Waals surface area (Å²) < 4.78 is 0. The summed E-state index contributed by atoms with van der Waals surface area (Å²) in [6.45, 7) is 7.89. The van der Waals surface area contributed by atoms with Crippen molar-refractivity contribution in [3.8, 4) is 0 Å². The second kappa shape index (κ2) is 8.33. The molecule has 4 N–H and O–H groups in total. The van der Waals surface area contributed by atoms with Crippen LogP contribution < -0.4 is 31.1 Å². The molecule has 4 unspecified atom stereocenters. The maximum atomic E-state index is 6.38. The lowest BCUT2D eigenvalue weighted by molar-refractivity contribution is 0.245. The van der Waals surface area contributed by atoms with Crippen molar-refractivity contribution in [3.05, 3.63) is 23.2 Å². The molecule has 2 aromatic rings. The van der Waals surface area contributed by atoms with E-state index in [4.69, 9.17) is 21.6 Å². The van der Waals surface area contributed by atoms with E-state index in [-0.39, 0.29) is 0 Å². The molecule has 4 aliphatic rings. The third kappa shape index (κ3) is 3.85. The second-order valence-electron chi connectivity index (χ2n) is 9.40. The molecule has 31 heavy (non-hydrogen) atoms. The lowest BCUT2D eigenvalue weighted by Crippen LogP contribution is -2.60. The average molecular weight is 443 g/mol. The van der Waals surface area contributed by atoms with Crippen LogP contribution in [0.2, 0.25) is 5.02 Å². The monoisotopic (exact) mass is 442 g/mol. The van der Waals surface area contributed by atoms with E-state index in [1.807, 2.05) is 18.2 Å². The lowest BCUT2D eigenvalue weighted by atomic mass is 9.91. The van der Waals surface area contributed by atoms with Gasteiger partial charge in [0.15, 0.2) is 0 Å². The predicted octanol–water partition coefficient (Wildman–Crippen LogP) is 0.974. The Kier molecular flexibility index (Phi) is 5.36. The molecular formula is C22H31ClN8. The lowest BCUT2D eigenvalue weighted by Gasteiger charge is -2.44. The fourth-order valence-corrected chi connectivity index (χ4v) is 5.86. The third-order valence-corrected chi connectivity index (χ3v) is 7.66. The molecule has 1 aromatic heterocycles. The molecule has 0 spiro atoms. The summed E-state index contributed by atoms with van der Waals surface area (Å²) in [5.41, 5.74) is 0.956. The predicted molar refractivity (Wildman–Crippen MR) is 125 cm³/mol. The topological polar surface area (TPSA) is 80.4 Å². The maximum Gasteiger partial charge on any atom is 0.228 e. The Morgan fingerprint density at radius 2 is 1.55 bits per heavy atom. The molecule has 1 aromatic carbocycles. The highest BCUT2D eigenvalue weighted by molar-refractivity contribution is 6.31. The maximum absolute atomic E-state index is 6.38. The second-order valence-corrected chi connectivity index (χ2v) is 9.83. The van der Waals surface area contributed by atoms with Crippen LogP contribution in [0.1, 0.15) is 12.8 Å². The molecule has 4 atom stereocenters. The van der Waals surface area contributed by atoms with Gasteiger partial charge in [-0.3, -0.25) is 10.6 Å².